The monoisotopic (exact) mass is 565 g/mol. The lowest BCUT2D eigenvalue weighted by molar-refractivity contribution is -0.106. The Bertz CT molecular complexity index is 1620. The number of nitrogens with one attached hydrogen (secondary N) is 1. The van der Waals surface area contributed by atoms with Crippen molar-refractivity contribution in [1.29, 1.82) is 0 Å². The number of carbonyl (C=O) groups excluding carboxylic acids is 1. The zero-order valence-electron chi connectivity index (χ0n) is 23.6. The highest BCUT2D eigenvalue weighted by Gasteiger charge is 2.16. The molecule has 4 rings (SSSR count). The summed E-state index contributed by atoms with van der Waals surface area (Å²) in [6.07, 6.45) is 3.59. The number of carbonyl (C=O) groups is 1. The van der Waals surface area contributed by atoms with Crippen LogP contribution in [0.15, 0.2) is 54.0 Å². The van der Waals surface area contributed by atoms with Gasteiger partial charge in [0.2, 0.25) is 12.4 Å². The topological polar surface area (TPSA) is 119 Å². The van der Waals surface area contributed by atoms with Gasteiger partial charge in [-0.3, -0.25) is 14.2 Å². The number of aryl methyl sites for hydroxylation is 1. The molecule has 10 nitrogen and oxygen atoms in total. The summed E-state index contributed by atoms with van der Waals surface area (Å²) in [7, 11) is 7.62. The lowest BCUT2D eigenvalue weighted by Gasteiger charge is -2.25. The van der Waals surface area contributed by atoms with E-state index in [-0.39, 0.29) is 23.7 Å². The van der Waals surface area contributed by atoms with E-state index in [2.05, 4.69) is 37.4 Å². The third-order valence-corrected chi connectivity index (χ3v) is 6.24. The lowest BCUT2D eigenvalue weighted by atomic mass is 10.1. The molecule has 41 heavy (non-hydrogen) atoms. The molecule has 12 heteroatoms. The first-order chi connectivity index (χ1) is 19.5. The van der Waals surface area contributed by atoms with Crippen molar-refractivity contribution >= 4 is 40.8 Å². The molecule has 4 aromatic rings. The van der Waals surface area contributed by atoms with E-state index < -0.39 is 17.2 Å². The number of primary amides is 1. The number of nitrogens with zero attached hydrogens (tertiary/aromatic N) is 5. The van der Waals surface area contributed by atoms with E-state index in [0.717, 1.165) is 36.5 Å². The van der Waals surface area contributed by atoms with Crippen molar-refractivity contribution in [2.75, 3.05) is 51.6 Å². The van der Waals surface area contributed by atoms with Crippen molar-refractivity contribution < 1.29 is 18.3 Å². The van der Waals surface area contributed by atoms with Crippen molar-refractivity contribution in [2.45, 2.75) is 6.92 Å². The zero-order chi connectivity index (χ0) is 30.3. The first-order valence-corrected chi connectivity index (χ1v) is 12.5. The standard InChI is InChI=1S/C28H30F2N6O2.CH3NO/c1-7-18-13-23(25(38-6)15-24(18)35(5)11-10-34(3)4)32-28-31-16-20-17(2)12-26(37)36(27(20)33-28)19-8-9-21(29)22(30)14-19;2-1-3/h7-9,12-16H,1,10-11H2,2-6H3,(H,31,32,33);1H,(H2,2,3). The van der Waals surface area contributed by atoms with Crippen molar-refractivity contribution in [3.63, 3.8) is 0 Å². The van der Waals surface area contributed by atoms with E-state index in [4.69, 9.17) is 9.53 Å². The van der Waals surface area contributed by atoms with Crippen LogP contribution in [0, 0.1) is 18.6 Å². The van der Waals surface area contributed by atoms with Crippen LogP contribution in [0.1, 0.15) is 11.1 Å². The molecule has 216 valence electrons. The molecule has 0 aliphatic heterocycles. The summed E-state index contributed by atoms with van der Waals surface area (Å²) >= 11 is 0. The molecule has 0 atom stereocenters. The van der Waals surface area contributed by atoms with Crippen LogP contribution in [0.5, 0.6) is 5.75 Å². The summed E-state index contributed by atoms with van der Waals surface area (Å²) in [5.41, 5.74) is 7.23. The van der Waals surface area contributed by atoms with E-state index in [1.165, 1.54) is 16.7 Å². The summed E-state index contributed by atoms with van der Waals surface area (Å²) in [6, 6.07) is 8.48. The van der Waals surface area contributed by atoms with Gasteiger partial charge in [-0.1, -0.05) is 12.7 Å². The molecule has 0 bridgehead atoms. The van der Waals surface area contributed by atoms with Crippen LogP contribution < -0.4 is 26.2 Å². The quantitative estimate of drug-likeness (QED) is 0.294. The predicted molar refractivity (Wildman–Crippen MR) is 158 cm³/mol. The second kappa shape index (κ2) is 13.5. The molecular formula is C29H33F2N7O3. The number of likely N-dealkylation sites (N-methyl/N-ethyl adjacent to an activating group) is 2. The third kappa shape index (κ3) is 7.03. The highest BCUT2D eigenvalue weighted by atomic mass is 19.2. The maximum Gasteiger partial charge on any atom is 0.257 e. The predicted octanol–water partition coefficient (Wildman–Crippen LogP) is 3.86. The van der Waals surface area contributed by atoms with Gasteiger partial charge in [-0.05, 0) is 50.3 Å². The van der Waals surface area contributed by atoms with Crippen molar-refractivity contribution in [3.05, 3.63) is 82.3 Å². The van der Waals surface area contributed by atoms with Gasteiger partial charge >= 0.3 is 0 Å². The van der Waals surface area contributed by atoms with E-state index in [0.29, 0.717) is 22.4 Å². The lowest BCUT2D eigenvalue weighted by Crippen LogP contribution is -2.28. The molecular weight excluding hydrogens is 532 g/mol. The van der Waals surface area contributed by atoms with Crippen LogP contribution in [0.4, 0.5) is 26.1 Å². The van der Waals surface area contributed by atoms with Gasteiger partial charge < -0.3 is 25.6 Å². The van der Waals surface area contributed by atoms with Gasteiger partial charge in [0, 0.05) is 55.6 Å². The summed E-state index contributed by atoms with van der Waals surface area (Å²) in [5, 5.41) is 3.77. The molecule has 2 heterocycles. The van der Waals surface area contributed by atoms with Gasteiger partial charge in [0.1, 0.15) is 5.75 Å². The van der Waals surface area contributed by atoms with E-state index >= 15 is 0 Å². The molecule has 3 N–H and O–H groups in total. The number of halogens is 2. The Hall–Kier alpha value is -4.84. The highest BCUT2D eigenvalue weighted by molar-refractivity contribution is 5.82. The van der Waals surface area contributed by atoms with Crippen LogP contribution in [0.2, 0.25) is 0 Å². The zero-order valence-corrected chi connectivity index (χ0v) is 23.6. The summed E-state index contributed by atoms with van der Waals surface area (Å²) in [6.45, 7) is 7.40. The Morgan fingerprint density at radius 2 is 1.83 bits per heavy atom. The number of methoxy groups -OCH3 is 1. The average Bonchev–Trinajstić information content (AvgIpc) is 2.93. The molecule has 0 saturated heterocycles. The number of nitrogens with two attached hydrogens (primary N) is 1. The van der Waals surface area contributed by atoms with Gasteiger partial charge in [0.05, 0.1) is 18.5 Å². The minimum absolute atomic E-state index is 0.153. The van der Waals surface area contributed by atoms with Gasteiger partial charge in [-0.25, -0.2) is 13.8 Å². The number of anilines is 3. The van der Waals surface area contributed by atoms with Crippen LogP contribution in [0.25, 0.3) is 22.8 Å². The number of hydrogen-bond donors (Lipinski definition) is 2. The third-order valence-electron chi connectivity index (χ3n) is 6.24. The Labute approximate surface area is 236 Å². The van der Waals surface area contributed by atoms with Crippen LogP contribution in [-0.2, 0) is 4.79 Å². The Morgan fingerprint density at radius 3 is 2.44 bits per heavy atom. The molecule has 1 amide bonds. The number of aromatic nitrogens is 3. The van der Waals surface area contributed by atoms with Crippen molar-refractivity contribution in [3.8, 4) is 11.4 Å². The number of rotatable bonds is 9. The summed E-state index contributed by atoms with van der Waals surface area (Å²) in [5.74, 6) is -1.31. The molecule has 0 radical (unpaired) electrons. The maximum absolute atomic E-state index is 14.0. The van der Waals surface area contributed by atoms with E-state index in [9.17, 15) is 13.6 Å². The smallest absolute Gasteiger partial charge is 0.257 e. The Morgan fingerprint density at radius 1 is 1.12 bits per heavy atom. The number of pyridine rings is 1. The van der Waals surface area contributed by atoms with E-state index in [1.807, 2.05) is 33.3 Å². The minimum Gasteiger partial charge on any atom is -0.494 e. The van der Waals surface area contributed by atoms with Crippen LogP contribution >= 0.6 is 0 Å². The maximum atomic E-state index is 14.0. The number of hydrogen-bond acceptors (Lipinski definition) is 8. The molecule has 2 aromatic heterocycles. The SMILES string of the molecule is C=Cc1cc(Nc2ncc3c(C)cc(=O)n(-c4ccc(F)c(F)c4)c3n2)c(OC)cc1N(C)CCN(C)C.NC=O. The molecule has 0 saturated carbocycles. The number of ether oxygens (including phenoxy) is 1. The fourth-order valence-corrected chi connectivity index (χ4v) is 4.12. The largest absolute Gasteiger partial charge is 0.494 e. The van der Waals surface area contributed by atoms with Crippen LogP contribution in [0.3, 0.4) is 0 Å². The molecule has 0 unspecified atom stereocenters. The van der Waals surface area contributed by atoms with Crippen molar-refractivity contribution in [2.24, 2.45) is 5.73 Å². The average molecular weight is 566 g/mol. The number of fused-ring (bicyclic) bond motifs is 1. The first kappa shape index (κ1) is 30.7. The second-order valence-corrected chi connectivity index (χ2v) is 9.33. The normalized spacial score (nSPS) is 10.6. The summed E-state index contributed by atoms with van der Waals surface area (Å²) in [4.78, 5) is 34.8. The number of amides is 1. The first-order valence-electron chi connectivity index (χ1n) is 12.5. The van der Waals surface area contributed by atoms with Crippen molar-refractivity contribution in [1.82, 2.24) is 19.4 Å². The van der Waals surface area contributed by atoms with Gasteiger partial charge in [0.25, 0.3) is 5.56 Å². The second-order valence-electron chi connectivity index (χ2n) is 9.33. The molecule has 2 aromatic carbocycles. The minimum atomic E-state index is -1.06. The van der Waals surface area contributed by atoms with E-state index in [1.54, 1.807) is 26.3 Å². The van der Waals surface area contributed by atoms with Crippen LogP contribution in [-0.4, -0.2) is 67.2 Å². The molecule has 0 fully saturated rings. The number of benzene rings is 2. The Balaban J connectivity index is 0.00000147. The van der Waals surface area contributed by atoms with Gasteiger partial charge in [0.15, 0.2) is 17.3 Å². The highest BCUT2D eigenvalue weighted by Crippen LogP contribution is 2.35. The molecule has 0 aliphatic rings. The van der Waals surface area contributed by atoms with Gasteiger partial charge in [-0.2, -0.15) is 4.98 Å². The Kier molecular flexibility index (Phi) is 10.1. The molecule has 0 aliphatic carbocycles. The van der Waals surface area contributed by atoms with Gasteiger partial charge in [-0.15, -0.1) is 0 Å². The fourth-order valence-electron chi connectivity index (χ4n) is 4.12. The molecule has 0 spiro atoms. The fraction of sp³-hybridized carbons (Fsp3) is 0.241. The summed E-state index contributed by atoms with van der Waals surface area (Å²) < 4.78 is 34.5.